The van der Waals surface area contributed by atoms with E-state index in [0.29, 0.717) is 5.75 Å². The lowest BCUT2D eigenvalue weighted by Gasteiger charge is -2.21. The molecule has 0 fully saturated rings. The number of phenolic OH excluding ortho intramolecular Hbond substituents is 1. The number of hydrogen-bond acceptors (Lipinski definition) is 2. The highest BCUT2D eigenvalue weighted by atomic mass is 19.1. The van der Waals surface area contributed by atoms with Crippen molar-refractivity contribution < 1.29 is 9.50 Å². The topological polar surface area (TPSA) is 32.3 Å². The highest BCUT2D eigenvalue weighted by molar-refractivity contribution is 5.60. The van der Waals surface area contributed by atoms with Crippen molar-refractivity contribution in [3.8, 4) is 5.75 Å². The Morgan fingerprint density at radius 1 is 1.20 bits per heavy atom. The van der Waals surface area contributed by atoms with E-state index in [1.165, 1.54) is 6.07 Å². The summed E-state index contributed by atoms with van der Waals surface area (Å²) in [5, 5.41) is 13.4. The van der Waals surface area contributed by atoms with Gasteiger partial charge in [0, 0.05) is 11.3 Å². The Bertz CT molecular complexity index is 610. The maximum Gasteiger partial charge on any atom is 0.123 e. The average molecular weight is 273 g/mol. The molecule has 0 aliphatic carbocycles. The Hall–Kier alpha value is -2.03. The van der Waals surface area contributed by atoms with E-state index in [4.69, 9.17) is 0 Å². The lowest BCUT2D eigenvalue weighted by Crippen LogP contribution is -2.11. The molecule has 0 aliphatic heterocycles. The van der Waals surface area contributed by atoms with Gasteiger partial charge in [-0.2, -0.15) is 0 Å². The zero-order chi connectivity index (χ0) is 14.7. The van der Waals surface area contributed by atoms with Gasteiger partial charge in [-0.1, -0.05) is 25.1 Å². The molecule has 3 heteroatoms. The summed E-state index contributed by atoms with van der Waals surface area (Å²) >= 11 is 0. The molecule has 1 atom stereocenters. The summed E-state index contributed by atoms with van der Waals surface area (Å²) in [6.45, 7) is 5.80. The summed E-state index contributed by atoms with van der Waals surface area (Å²) < 4.78 is 13.3. The molecule has 20 heavy (non-hydrogen) atoms. The van der Waals surface area contributed by atoms with Crippen LogP contribution in [-0.2, 0) is 0 Å². The first kappa shape index (κ1) is 14.4. The Labute approximate surface area is 119 Å². The average Bonchev–Trinajstić information content (AvgIpc) is 2.44. The van der Waals surface area contributed by atoms with Crippen molar-refractivity contribution in [2.45, 2.75) is 33.2 Å². The normalized spacial score (nSPS) is 12.2. The minimum absolute atomic E-state index is 0.0199. The molecule has 0 spiro atoms. The SMILES string of the molecule is CCC(Nc1ccc(C)c(O)c1C)c1cccc(F)c1. The molecule has 2 aromatic carbocycles. The lowest BCUT2D eigenvalue weighted by atomic mass is 10.0. The van der Waals surface area contributed by atoms with Crippen molar-refractivity contribution in [1.29, 1.82) is 0 Å². The van der Waals surface area contributed by atoms with Gasteiger partial charge in [-0.3, -0.25) is 0 Å². The first-order valence-corrected chi connectivity index (χ1v) is 6.84. The van der Waals surface area contributed by atoms with Crippen LogP contribution < -0.4 is 5.32 Å². The van der Waals surface area contributed by atoms with Gasteiger partial charge in [0.1, 0.15) is 11.6 Å². The van der Waals surface area contributed by atoms with Crippen LogP contribution in [0.1, 0.15) is 36.1 Å². The van der Waals surface area contributed by atoms with E-state index in [1.807, 2.05) is 39.0 Å². The molecule has 0 radical (unpaired) electrons. The van der Waals surface area contributed by atoms with Crippen LogP contribution in [0.15, 0.2) is 36.4 Å². The number of nitrogens with one attached hydrogen (secondary N) is 1. The van der Waals surface area contributed by atoms with E-state index in [0.717, 1.165) is 28.8 Å². The Kier molecular flexibility index (Phi) is 4.28. The van der Waals surface area contributed by atoms with Gasteiger partial charge in [0.05, 0.1) is 6.04 Å². The van der Waals surface area contributed by atoms with E-state index >= 15 is 0 Å². The third-order valence-electron chi connectivity index (χ3n) is 3.62. The molecule has 106 valence electrons. The quantitative estimate of drug-likeness (QED) is 0.845. The van der Waals surface area contributed by atoms with Crippen molar-refractivity contribution in [2.24, 2.45) is 0 Å². The Balaban J connectivity index is 2.29. The minimum Gasteiger partial charge on any atom is -0.507 e. The molecule has 2 N–H and O–H groups in total. The molecular formula is C17H20FNO. The standard InChI is InChI=1S/C17H20FNO/c1-4-15(13-6-5-7-14(18)10-13)19-16-9-8-11(2)17(20)12(16)3/h5-10,15,19-20H,4H2,1-3H3. The Morgan fingerprint density at radius 2 is 1.95 bits per heavy atom. The van der Waals surface area contributed by atoms with E-state index in [-0.39, 0.29) is 11.9 Å². The molecule has 0 heterocycles. The van der Waals surface area contributed by atoms with Crippen molar-refractivity contribution >= 4 is 5.69 Å². The molecule has 0 saturated heterocycles. The summed E-state index contributed by atoms with van der Waals surface area (Å²) in [5.74, 6) is 0.0790. The van der Waals surface area contributed by atoms with E-state index in [9.17, 15) is 9.50 Å². The maximum atomic E-state index is 13.3. The fourth-order valence-electron chi connectivity index (χ4n) is 2.32. The van der Waals surface area contributed by atoms with Crippen LogP contribution in [0.3, 0.4) is 0 Å². The van der Waals surface area contributed by atoms with Crippen molar-refractivity contribution in [3.05, 3.63) is 58.9 Å². The van der Waals surface area contributed by atoms with Gasteiger partial charge in [0.2, 0.25) is 0 Å². The number of phenols is 1. The number of halogens is 1. The summed E-state index contributed by atoms with van der Waals surface area (Å²) in [4.78, 5) is 0. The predicted octanol–water partition coefficient (Wildman–Crippen LogP) is 4.71. The third kappa shape index (κ3) is 2.93. The number of benzene rings is 2. The number of aryl methyl sites for hydroxylation is 1. The van der Waals surface area contributed by atoms with Gasteiger partial charge in [-0.15, -0.1) is 0 Å². The zero-order valence-electron chi connectivity index (χ0n) is 12.1. The lowest BCUT2D eigenvalue weighted by molar-refractivity contribution is 0.467. The smallest absolute Gasteiger partial charge is 0.123 e. The second-order valence-corrected chi connectivity index (χ2v) is 5.06. The van der Waals surface area contributed by atoms with Gasteiger partial charge in [-0.25, -0.2) is 4.39 Å². The Morgan fingerprint density at radius 3 is 2.60 bits per heavy atom. The van der Waals surface area contributed by atoms with Crippen LogP contribution in [0.25, 0.3) is 0 Å². The molecule has 2 rings (SSSR count). The maximum absolute atomic E-state index is 13.3. The molecule has 0 amide bonds. The highest BCUT2D eigenvalue weighted by Gasteiger charge is 2.13. The van der Waals surface area contributed by atoms with E-state index in [2.05, 4.69) is 5.32 Å². The molecule has 2 nitrogen and oxygen atoms in total. The number of anilines is 1. The molecule has 0 aromatic heterocycles. The zero-order valence-corrected chi connectivity index (χ0v) is 12.1. The van der Waals surface area contributed by atoms with Crippen molar-refractivity contribution in [2.75, 3.05) is 5.32 Å². The predicted molar refractivity (Wildman–Crippen MR) is 80.6 cm³/mol. The summed E-state index contributed by atoms with van der Waals surface area (Å²) in [5.41, 5.74) is 3.46. The van der Waals surface area contributed by atoms with E-state index in [1.54, 1.807) is 12.1 Å². The largest absolute Gasteiger partial charge is 0.507 e. The first-order chi connectivity index (χ1) is 9.52. The van der Waals surface area contributed by atoms with Crippen LogP contribution in [-0.4, -0.2) is 5.11 Å². The van der Waals surface area contributed by atoms with Gasteiger partial charge in [0.25, 0.3) is 0 Å². The molecule has 1 unspecified atom stereocenters. The first-order valence-electron chi connectivity index (χ1n) is 6.84. The summed E-state index contributed by atoms with van der Waals surface area (Å²) in [6.07, 6.45) is 0.831. The van der Waals surface area contributed by atoms with Crippen LogP contribution in [0.4, 0.5) is 10.1 Å². The molecule has 0 bridgehead atoms. The third-order valence-corrected chi connectivity index (χ3v) is 3.62. The molecular weight excluding hydrogens is 253 g/mol. The molecule has 0 aliphatic rings. The summed E-state index contributed by atoms with van der Waals surface area (Å²) in [6, 6.07) is 10.5. The minimum atomic E-state index is -0.230. The fraction of sp³-hybridized carbons (Fsp3) is 0.294. The van der Waals surface area contributed by atoms with Gasteiger partial charge < -0.3 is 10.4 Å². The van der Waals surface area contributed by atoms with Gasteiger partial charge in [0.15, 0.2) is 0 Å². The van der Waals surface area contributed by atoms with Crippen LogP contribution in [0, 0.1) is 19.7 Å². The van der Waals surface area contributed by atoms with Crippen LogP contribution >= 0.6 is 0 Å². The second kappa shape index (κ2) is 5.95. The second-order valence-electron chi connectivity index (χ2n) is 5.06. The van der Waals surface area contributed by atoms with Gasteiger partial charge in [-0.05, 0) is 49.6 Å². The monoisotopic (exact) mass is 273 g/mol. The highest BCUT2D eigenvalue weighted by Crippen LogP contribution is 2.31. The van der Waals surface area contributed by atoms with Crippen molar-refractivity contribution in [3.63, 3.8) is 0 Å². The summed E-state index contributed by atoms with van der Waals surface area (Å²) in [7, 11) is 0. The van der Waals surface area contributed by atoms with E-state index < -0.39 is 0 Å². The van der Waals surface area contributed by atoms with Crippen molar-refractivity contribution in [1.82, 2.24) is 0 Å². The number of hydrogen-bond donors (Lipinski definition) is 2. The molecule has 0 saturated carbocycles. The van der Waals surface area contributed by atoms with Gasteiger partial charge >= 0.3 is 0 Å². The number of aromatic hydroxyl groups is 1. The molecule has 2 aromatic rings. The fourth-order valence-corrected chi connectivity index (χ4v) is 2.32. The number of rotatable bonds is 4. The van der Waals surface area contributed by atoms with Crippen LogP contribution in [0.2, 0.25) is 0 Å². The van der Waals surface area contributed by atoms with Crippen LogP contribution in [0.5, 0.6) is 5.75 Å².